The van der Waals surface area contributed by atoms with Gasteiger partial charge in [0.05, 0.1) is 6.20 Å². The van der Waals surface area contributed by atoms with E-state index in [9.17, 15) is 8.42 Å². The Hall–Kier alpha value is -1.45. The van der Waals surface area contributed by atoms with Gasteiger partial charge in [-0.2, -0.15) is 9.40 Å². The van der Waals surface area contributed by atoms with E-state index in [1.807, 2.05) is 6.92 Å². The van der Waals surface area contributed by atoms with Crippen molar-refractivity contribution in [3.63, 3.8) is 0 Å². The summed E-state index contributed by atoms with van der Waals surface area (Å²) in [5, 5.41) is 9.44. The van der Waals surface area contributed by atoms with E-state index in [0.29, 0.717) is 16.8 Å². The first-order valence-electron chi connectivity index (χ1n) is 6.28. The molecule has 0 fully saturated rings. The van der Waals surface area contributed by atoms with Gasteiger partial charge < -0.3 is 5.32 Å². The highest BCUT2D eigenvalue weighted by atomic mass is 79.9. The molecule has 0 radical (unpaired) electrons. The predicted octanol–water partition coefficient (Wildman–Crippen LogP) is 1.82. The Morgan fingerprint density at radius 1 is 1.43 bits per heavy atom. The van der Waals surface area contributed by atoms with Gasteiger partial charge in [-0.25, -0.2) is 13.4 Å². The van der Waals surface area contributed by atoms with Crippen LogP contribution in [0.25, 0.3) is 0 Å². The number of nitrogens with zero attached hydrogens (tertiary/aromatic N) is 3. The maximum atomic E-state index is 12.7. The third kappa shape index (κ3) is 3.60. The van der Waals surface area contributed by atoms with Gasteiger partial charge in [0, 0.05) is 42.6 Å². The van der Waals surface area contributed by atoms with E-state index in [0.717, 1.165) is 5.56 Å². The largest absolute Gasteiger partial charge is 0.369 e. The van der Waals surface area contributed by atoms with Crippen molar-refractivity contribution in [2.24, 2.45) is 0 Å². The molecule has 114 valence electrons. The van der Waals surface area contributed by atoms with Crippen molar-refractivity contribution in [1.29, 1.82) is 0 Å². The monoisotopic (exact) mass is 373 g/mol. The first-order valence-corrected chi connectivity index (χ1v) is 8.52. The maximum absolute atomic E-state index is 12.7. The summed E-state index contributed by atoms with van der Waals surface area (Å²) in [7, 11) is -2.13. The zero-order valence-electron chi connectivity index (χ0n) is 11.7. The number of hydrogen-bond acceptors (Lipinski definition) is 5. The van der Waals surface area contributed by atoms with Crippen molar-refractivity contribution in [3.05, 3.63) is 34.7 Å². The fourth-order valence-corrected chi connectivity index (χ4v) is 3.57. The molecule has 21 heavy (non-hydrogen) atoms. The molecule has 2 aromatic rings. The number of H-pyrrole nitrogens is 1. The van der Waals surface area contributed by atoms with Crippen LogP contribution in [0.2, 0.25) is 0 Å². The lowest BCUT2D eigenvalue weighted by Crippen LogP contribution is -2.27. The van der Waals surface area contributed by atoms with Gasteiger partial charge >= 0.3 is 0 Å². The molecule has 2 aromatic heterocycles. The molecule has 2 rings (SSSR count). The van der Waals surface area contributed by atoms with E-state index >= 15 is 0 Å². The van der Waals surface area contributed by atoms with Crippen LogP contribution >= 0.6 is 15.9 Å². The van der Waals surface area contributed by atoms with Crippen LogP contribution in [-0.4, -0.2) is 41.5 Å². The Morgan fingerprint density at radius 2 is 2.19 bits per heavy atom. The topological polar surface area (TPSA) is 91.0 Å². The smallest absolute Gasteiger partial charge is 0.246 e. The Bertz CT molecular complexity index is 702. The third-order valence-corrected chi connectivity index (χ3v) is 5.06. The summed E-state index contributed by atoms with van der Waals surface area (Å²) in [5.41, 5.74) is 0.786. The van der Waals surface area contributed by atoms with Crippen molar-refractivity contribution >= 4 is 31.8 Å². The van der Waals surface area contributed by atoms with E-state index in [4.69, 9.17) is 0 Å². The average Bonchev–Trinajstić information content (AvgIpc) is 2.93. The number of anilines is 1. The first kappa shape index (κ1) is 15.9. The molecule has 0 aliphatic rings. The number of halogens is 1. The highest BCUT2D eigenvalue weighted by Crippen LogP contribution is 2.26. The molecule has 0 saturated heterocycles. The molecule has 0 aliphatic heterocycles. The van der Waals surface area contributed by atoms with Crippen LogP contribution in [0.15, 0.2) is 34.0 Å². The number of nitrogens with one attached hydrogen (secondary N) is 2. The van der Waals surface area contributed by atoms with Crippen LogP contribution in [0.3, 0.4) is 0 Å². The summed E-state index contributed by atoms with van der Waals surface area (Å²) in [5.74, 6) is 0.347. The molecule has 0 unspecified atom stereocenters. The average molecular weight is 374 g/mol. The van der Waals surface area contributed by atoms with Gasteiger partial charge in [-0.15, -0.1) is 0 Å². The molecule has 7 nitrogen and oxygen atoms in total. The molecule has 0 aliphatic carbocycles. The maximum Gasteiger partial charge on any atom is 0.246 e. The lowest BCUT2D eigenvalue weighted by Gasteiger charge is -2.18. The number of pyridine rings is 1. The second kappa shape index (κ2) is 6.54. The van der Waals surface area contributed by atoms with Crippen molar-refractivity contribution in [2.45, 2.75) is 18.4 Å². The van der Waals surface area contributed by atoms with E-state index < -0.39 is 10.0 Å². The minimum atomic E-state index is -3.65. The van der Waals surface area contributed by atoms with Crippen LogP contribution in [0.4, 0.5) is 5.82 Å². The molecule has 0 aromatic carbocycles. The Balaban J connectivity index is 2.36. The van der Waals surface area contributed by atoms with Crippen molar-refractivity contribution in [3.8, 4) is 0 Å². The highest BCUT2D eigenvalue weighted by Gasteiger charge is 2.25. The number of hydrogen-bond donors (Lipinski definition) is 2. The Kier molecular flexibility index (Phi) is 4.96. The van der Waals surface area contributed by atoms with Crippen LogP contribution in [0.1, 0.15) is 12.5 Å². The van der Waals surface area contributed by atoms with Gasteiger partial charge in [0.15, 0.2) is 0 Å². The molecular formula is C12H16BrN5O2S. The summed E-state index contributed by atoms with van der Waals surface area (Å²) in [4.78, 5) is 4.27. The van der Waals surface area contributed by atoms with Crippen molar-refractivity contribution in [1.82, 2.24) is 19.5 Å². The minimum absolute atomic E-state index is 0.143. The molecule has 0 spiro atoms. The second-order valence-corrected chi connectivity index (χ2v) is 7.33. The van der Waals surface area contributed by atoms with Crippen LogP contribution in [0, 0.1) is 0 Å². The molecule has 2 N–H and O–H groups in total. The van der Waals surface area contributed by atoms with Gasteiger partial charge in [-0.3, -0.25) is 5.10 Å². The van der Waals surface area contributed by atoms with E-state index in [-0.39, 0.29) is 11.4 Å². The third-order valence-electron chi connectivity index (χ3n) is 2.81. The first-order chi connectivity index (χ1) is 9.95. The highest BCUT2D eigenvalue weighted by molar-refractivity contribution is 9.10. The van der Waals surface area contributed by atoms with E-state index in [2.05, 4.69) is 36.4 Å². The summed E-state index contributed by atoms with van der Waals surface area (Å²) in [6, 6.07) is 1.55. The fourth-order valence-electron chi connectivity index (χ4n) is 1.79. The van der Waals surface area contributed by atoms with Gasteiger partial charge in [0.1, 0.15) is 10.7 Å². The molecular weight excluding hydrogens is 358 g/mol. The standard InChI is InChI=1S/C12H16BrN5O2S/c1-3-14-12-11(4-10(13)7-15-12)21(19,20)18(2)8-9-5-16-17-6-9/h4-7H,3,8H2,1-2H3,(H,14,15)(H,16,17). The van der Waals surface area contributed by atoms with Gasteiger partial charge in [0.2, 0.25) is 10.0 Å². The summed E-state index contributed by atoms with van der Waals surface area (Å²) >= 11 is 3.26. The molecule has 0 saturated carbocycles. The molecule has 0 bridgehead atoms. The SMILES string of the molecule is CCNc1ncc(Br)cc1S(=O)(=O)N(C)Cc1cn[nH]c1. The van der Waals surface area contributed by atoms with Gasteiger partial charge in [0.25, 0.3) is 0 Å². The molecule has 0 atom stereocenters. The zero-order chi connectivity index (χ0) is 15.5. The molecule has 2 heterocycles. The lowest BCUT2D eigenvalue weighted by molar-refractivity contribution is 0.467. The summed E-state index contributed by atoms with van der Waals surface area (Å²) in [6.45, 7) is 2.70. The number of aromatic amines is 1. The lowest BCUT2D eigenvalue weighted by atomic mass is 10.4. The number of sulfonamides is 1. The van der Waals surface area contributed by atoms with Crippen LogP contribution in [-0.2, 0) is 16.6 Å². The van der Waals surface area contributed by atoms with Gasteiger partial charge in [-0.05, 0) is 28.9 Å². The normalized spacial score (nSPS) is 11.8. The predicted molar refractivity (Wildman–Crippen MR) is 83.3 cm³/mol. The summed E-state index contributed by atoms with van der Waals surface area (Å²) < 4.78 is 27.3. The van der Waals surface area contributed by atoms with Gasteiger partial charge in [-0.1, -0.05) is 0 Å². The Labute approximate surface area is 132 Å². The molecule has 9 heteroatoms. The quantitative estimate of drug-likeness (QED) is 0.805. The van der Waals surface area contributed by atoms with Crippen LogP contribution in [0.5, 0.6) is 0 Å². The number of rotatable bonds is 6. The Morgan fingerprint density at radius 3 is 2.81 bits per heavy atom. The van der Waals surface area contributed by atoms with E-state index in [1.54, 1.807) is 24.7 Å². The fraction of sp³-hybridized carbons (Fsp3) is 0.333. The van der Waals surface area contributed by atoms with Crippen molar-refractivity contribution < 1.29 is 8.42 Å². The second-order valence-electron chi connectivity index (χ2n) is 4.40. The number of aromatic nitrogens is 3. The van der Waals surface area contributed by atoms with Crippen molar-refractivity contribution in [2.75, 3.05) is 18.9 Å². The molecule has 0 amide bonds. The minimum Gasteiger partial charge on any atom is -0.369 e. The summed E-state index contributed by atoms with van der Waals surface area (Å²) in [6.07, 6.45) is 4.82. The van der Waals surface area contributed by atoms with E-state index in [1.165, 1.54) is 11.4 Å². The zero-order valence-corrected chi connectivity index (χ0v) is 14.1. The van der Waals surface area contributed by atoms with Crippen LogP contribution < -0.4 is 5.32 Å².